The summed E-state index contributed by atoms with van der Waals surface area (Å²) in [6.45, 7) is 0.380. The van der Waals surface area contributed by atoms with Crippen LogP contribution in [-0.2, 0) is 20.9 Å². The summed E-state index contributed by atoms with van der Waals surface area (Å²) in [5.41, 5.74) is 1.87. The number of thioether (sulfide) groups is 1. The van der Waals surface area contributed by atoms with Crippen LogP contribution < -0.4 is 4.74 Å². The van der Waals surface area contributed by atoms with Crippen LogP contribution >= 0.6 is 11.8 Å². The van der Waals surface area contributed by atoms with Gasteiger partial charge >= 0.3 is 5.97 Å². The van der Waals surface area contributed by atoms with E-state index in [4.69, 9.17) is 4.74 Å². The molecule has 0 atom stereocenters. The van der Waals surface area contributed by atoms with Crippen LogP contribution in [0.25, 0.3) is 6.08 Å². The summed E-state index contributed by atoms with van der Waals surface area (Å²) >= 11 is 1.08. The normalized spacial score (nSPS) is 16.7. The van der Waals surface area contributed by atoms with Gasteiger partial charge in [-0.15, -0.1) is 0 Å². The number of allylic oxidation sites excluding steroid dienone is 1. The van der Waals surface area contributed by atoms with Crippen LogP contribution in [0.15, 0.2) is 81.7 Å². The lowest BCUT2D eigenvalue weighted by Gasteiger charge is -2.08. The van der Waals surface area contributed by atoms with Gasteiger partial charge in [-0.3, -0.25) is 9.79 Å². The second-order valence-electron chi connectivity index (χ2n) is 6.20. The van der Waals surface area contributed by atoms with E-state index in [0.29, 0.717) is 11.7 Å². The topological polar surface area (TPSA) is 80.6 Å². The van der Waals surface area contributed by atoms with Crippen LogP contribution in [0.3, 0.4) is 0 Å². The Balaban J connectivity index is 1.81. The van der Waals surface area contributed by atoms with E-state index in [0.717, 1.165) is 34.7 Å². The number of aliphatic imine (C=N–C) groups is 1. The molecule has 8 heteroatoms. The number of ether oxygens (including phenoxy) is 2. The molecule has 1 fully saturated rings. The average Bonchev–Trinajstić information content (AvgIpc) is 3.10. The first-order valence-electron chi connectivity index (χ1n) is 9.36. The highest BCUT2D eigenvalue weighted by Crippen LogP contribution is 2.31. The summed E-state index contributed by atoms with van der Waals surface area (Å²) in [6.07, 6.45) is 6.16. The van der Waals surface area contributed by atoms with Crippen molar-refractivity contribution in [2.45, 2.75) is 6.54 Å². The second-order valence-corrected chi connectivity index (χ2v) is 7.21. The summed E-state index contributed by atoms with van der Waals surface area (Å²) in [7, 11) is 2.86. The molecular weight excluding hydrogens is 414 g/mol. The van der Waals surface area contributed by atoms with E-state index in [-0.39, 0.29) is 4.91 Å². The lowest BCUT2D eigenvalue weighted by Crippen LogP contribution is -2.23. The molecule has 1 aliphatic rings. The summed E-state index contributed by atoms with van der Waals surface area (Å²) in [6, 6.07) is 17.2. The van der Waals surface area contributed by atoms with E-state index < -0.39 is 11.9 Å². The van der Waals surface area contributed by atoms with Gasteiger partial charge in [-0.25, -0.2) is 4.79 Å². The predicted molar refractivity (Wildman–Crippen MR) is 123 cm³/mol. The number of hydrazone groups is 1. The molecule has 0 saturated carbocycles. The summed E-state index contributed by atoms with van der Waals surface area (Å²) in [4.78, 5) is 29.0. The Morgan fingerprint density at radius 2 is 1.84 bits per heavy atom. The SMILES string of the molecule is COC(=O)/C=C1\SC(=NCc2ccccc2)N(/N=C/C=C/c2ccccc2OC)C1=O. The molecule has 0 aliphatic carbocycles. The third kappa shape index (κ3) is 5.93. The Labute approximate surface area is 184 Å². The molecule has 158 valence electrons. The van der Waals surface area contributed by atoms with Crippen molar-refractivity contribution in [2.75, 3.05) is 14.2 Å². The van der Waals surface area contributed by atoms with E-state index in [1.54, 1.807) is 13.2 Å². The third-order valence-electron chi connectivity index (χ3n) is 4.16. The van der Waals surface area contributed by atoms with E-state index >= 15 is 0 Å². The molecule has 0 unspecified atom stereocenters. The molecule has 1 saturated heterocycles. The molecule has 2 aromatic rings. The van der Waals surface area contributed by atoms with Crippen molar-refractivity contribution in [3.8, 4) is 5.75 Å². The Morgan fingerprint density at radius 1 is 1.10 bits per heavy atom. The number of benzene rings is 2. The standard InChI is InChI=1S/C23H21N3O4S/c1-29-19-13-7-6-11-18(19)12-8-14-25-26-22(28)20(15-21(27)30-2)31-23(26)24-16-17-9-4-3-5-10-17/h3-15H,16H2,1-2H3/b12-8+,20-15-,24-23?,25-14+. The van der Waals surface area contributed by atoms with Gasteiger partial charge in [0.15, 0.2) is 5.17 Å². The van der Waals surface area contributed by atoms with Crippen LogP contribution in [0.2, 0.25) is 0 Å². The average molecular weight is 436 g/mol. The minimum Gasteiger partial charge on any atom is -0.496 e. The molecule has 7 nitrogen and oxygen atoms in total. The molecule has 2 aromatic carbocycles. The number of carbonyl (C=O) groups excluding carboxylic acids is 2. The highest BCUT2D eigenvalue weighted by molar-refractivity contribution is 8.18. The summed E-state index contributed by atoms with van der Waals surface area (Å²) < 4.78 is 9.94. The zero-order valence-electron chi connectivity index (χ0n) is 17.1. The zero-order valence-corrected chi connectivity index (χ0v) is 17.9. The van der Waals surface area contributed by atoms with Crippen molar-refractivity contribution in [1.82, 2.24) is 5.01 Å². The number of esters is 1. The van der Waals surface area contributed by atoms with Crippen LogP contribution in [-0.4, -0.2) is 42.5 Å². The number of nitrogens with zero attached hydrogens (tertiary/aromatic N) is 3. The molecule has 0 bridgehead atoms. The Bertz CT molecular complexity index is 1060. The summed E-state index contributed by atoms with van der Waals surface area (Å²) in [5.74, 6) is -0.322. The number of carbonyl (C=O) groups is 2. The first-order chi connectivity index (χ1) is 15.1. The van der Waals surface area contributed by atoms with Crippen molar-refractivity contribution in [3.63, 3.8) is 0 Å². The number of amidine groups is 1. The van der Waals surface area contributed by atoms with Gasteiger partial charge in [0.25, 0.3) is 5.91 Å². The van der Waals surface area contributed by atoms with Crippen LogP contribution in [0.1, 0.15) is 11.1 Å². The molecule has 0 N–H and O–H groups in total. The molecule has 0 aromatic heterocycles. The van der Waals surface area contributed by atoms with Gasteiger partial charge in [-0.2, -0.15) is 10.1 Å². The van der Waals surface area contributed by atoms with Crippen LogP contribution in [0.4, 0.5) is 0 Å². The largest absolute Gasteiger partial charge is 0.496 e. The lowest BCUT2D eigenvalue weighted by atomic mass is 10.2. The molecule has 1 aliphatic heterocycles. The van der Waals surface area contributed by atoms with Gasteiger partial charge in [0.1, 0.15) is 5.75 Å². The predicted octanol–water partition coefficient (Wildman–Crippen LogP) is 3.88. The lowest BCUT2D eigenvalue weighted by molar-refractivity contribution is -0.135. The minimum atomic E-state index is -0.611. The van der Waals surface area contributed by atoms with E-state index in [2.05, 4.69) is 14.8 Å². The zero-order chi connectivity index (χ0) is 22.1. The van der Waals surface area contributed by atoms with Crippen molar-refractivity contribution in [3.05, 3.63) is 82.8 Å². The van der Waals surface area contributed by atoms with Gasteiger partial charge in [0.2, 0.25) is 0 Å². The molecule has 1 heterocycles. The molecule has 1 amide bonds. The molecule has 3 rings (SSSR count). The fourth-order valence-electron chi connectivity index (χ4n) is 2.63. The molecular formula is C23H21N3O4S. The fraction of sp³-hybridized carbons (Fsp3) is 0.130. The first-order valence-corrected chi connectivity index (χ1v) is 10.2. The number of para-hydroxylation sites is 1. The Kier molecular flexibility index (Phi) is 7.78. The highest BCUT2D eigenvalue weighted by atomic mass is 32.2. The second kappa shape index (κ2) is 10.9. The minimum absolute atomic E-state index is 0.199. The van der Waals surface area contributed by atoms with Gasteiger partial charge < -0.3 is 9.47 Å². The number of amides is 1. The maximum absolute atomic E-state index is 12.7. The Hall–Kier alpha value is -3.65. The molecule has 31 heavy (non-hydrogen) atoms. The number of hydrogen-bond donors (Lipinski definition) is 0. The number of rotatable bonds is 7. The maximum Gasteiger partial charge on any atom is 0.331 e. The number of hydrogen-bond acceptors (Lipinski definition) is 7. The van der Waals surface area contributed by atoms with Gasteiger partial charge in [-0.05, 0) is 35.5 Å². The highest BCUT2D eigenvalue weighted by Gasteiger charge is 2.34. The van der Waals surface area contributed by atoms with Crippen molar-refractivity contribution >= 4 is 41.1 Å². The van der Waals surface area contributed by atoms with E-state index in [9.17, 15) is 9.59 Å². The third-order valence-corrected chi connectivity index (χ3v) is 5.16. The van der Waals surface area contributed by atoms with Gasteiger partial charge in [0, 0.05) is 17.9 Å². The van der Waals surface area contributed by atoms with Crippen molar-refractivity contribution in [2.24, 2.45) is 10.1 Å². The van der Waals surface area contributed by atoms with Crippen molar-refractivity contribution in [1.29, 1.82) is 0 Å². The van der Waals surface area contributed by atoms with E-state index in [1.807, 2.05) is 60.7 Å². The van der Waals surface area contributed by atoms with Gasteiger partial charge in [-0.1, -0.05) is 48.5 Å². The van der Waals surface area contributed by atoms with Crippen LogP contribution in [0.5, 0.6) is 5.75 Å². The maximum atomic E-state index is 12.7. The quantitative estimate of drug-likeness (QED) is 0.375. The monoisotopic (exact) mass is 435 g/mol. The van der Waals surface area contributed by atoms with Crippen molar-refractivity contribution < 1.29 is 19.1 Å². The molecule has 0 spiro atoms. The van der Waals surface area contributed by atoms with E-state index in [1.165, 1.54) is 18.3 Å². The van der Waals surface area contributed by atoms with Gasteiger partial charge in [0.05, 0.1) is 25.7 Å². The Morgan fingerprint density at radius 3 is 2.58 bits per heavy atom. The summed E-state index contributed by atoms with van der Waals surface area (Å²) in [5, 5.41) is 5.79. The van der Waals surface area contributed by atoms with Crippen LogP contribution in [0, 0.1) is 0 Å². The fourth-order valence-corrected chi connectivity index (χ4v) is 3.50. The molecule has 0 radical (unpaired) electrons. The first kappa shape index (κ1) is 22.0. The number of methoxy groups -OCH3 is 2. The smallest absolute Gasteiger partial charge is 0.331 e.